The fourth-order valence-corrected chi connectivity index (χ4v) is 5.32. The number of ether oxygens (including phenoxy) is 4. The normalized spacial score (nSPS) is 36.0. The SMILES string of the molecule is CC[C@H](OC)[C@@H](C)[C@H]1O[C@@H]1[C@@H](O)[C@H](C)/C=C/C=C(\C)[C@H]1OC(=O)C[C@H](O)CC[C@@](C)(O)C(OC(C)=O)/C=C/[C@@H]1C. The Morgan fingerprint density at radius 3 is 2.52 bits per heavy atom. The molecule has 0 aromatic heterocycles. The van der Waals surface area contributed by atoms with Crippen LogP contribution in [0.15, 0.2) is 36.0 Å². The Bertz CT molecular complexity index is 920. The second-order valence-electron chi connectivity index (χ2n) is 11.7. The first-order valence-corrected chi connectivity index (χ1v) is 14.4. The van der Waals surface area contributed by atoms with Gasteiger partial charge in [0.05, 0.1) is 30.8 Å². The second-order valence-corrected chi connectivity index (χ2v) is 11.7. The van der Waals surface area contributed by atoms with Crippen molar-refractivity contribution in [3.8, 4) is 0 Å². The number of epoxide rings is 1. The Kier molecular flexibility index (Phi) is 13.0. The van der Waals surface area contributed by atoms with E-state index in [0.29, 0.717) is 0 Å². The largest absolute Gasteiger partial charge is 0.457 e. The van der Waals surface area contributed by atoms with Gasteiger partial charge in [0.25, 0.3) is 0 Å². The molecule has 2 aliphatic rings. The van der Waals surface area contributed by atoms with Gasteiger partial charge in [0, 0.05) is 31.8 Å². The summed E-state index contributed by atoms with van der Waals surface area (Å²) in [6.45, 7) is 12.6. The maximum Gasteiger partial charge on any atom is 0.309 e. The molecule has 0 saturated carbocycles. The molecule has 11 atom stereocenters. The van der Waals surface area contributed by atoms with Crippen LogP contribution in [-0.4, -0.2) is 82.7 Å². The van der Waals surface area contributed by atoms with Crippen molar-refractivity contribution >= 4 is 11.9 Å². The van der Waals surface area contributed by atoms with Crippen LogP contribution in [0.3, 0.4) is 0 Å². The van der Waals surface area contributed by atoms with Crippen molar-refractivity contribution in [3.05, 3.63) is 36.0 Å². The quantitative estimate of drug-likeness (QED) is 0.157. The smallest absolute Gasteiger partial charge is 0.309 e. The van der Waals surface area contributed by atoms with Gasteiger partial charge in [0.2, 0.25) is 0 Å². The van der Waals surface area contributed by atoms with Crippen molar-refractivity contribution in [2.45, 2.75) is 122 Å². The summed E-state index contributed by atoms with van der Waals surface area (Å²) in [5.41, 5.74) is -0.666. The van der Waals surface area contributed by atoms with Gasteiger partial charge in [-0.2, -0.15) is 0 Å². The van der Waals surface area contributed by atoms with E-state index in [4.69, 9.17) is 18.9 Å². The third-order valence-electron chi connectivity index (χ3n) is 8.09. The number of methoxy groups -OCH3 is 1. The molecule has 228 valence electrons. The summed E-state index contributed by atoms with van der Waals surface area (Å²) < 4.78 is 22.5. The van der Waals surface area contributed by atoms with Crippen LogP contribution in [0, 0.1) is 17.8 Å². The summed E-state index contributed by atoms with van der Waals surface area (Å²) in [6.07, 6.45) is 6.42. The predicted octanol–water partition coefficient (Wildman–Crippen LogP) is 3.65. The number of aliphatic hydroxyl groups is 3. The van der Waals surface area contributed by atoms with E-state index in [0.717, 1.165) is 12.0 Å². The Balaban J connectivity index is 2.16. The van der Waals surface area contributed by atoms with E-state index >= 15 is 0 Å². The summed E-state index contributed by atoms with van der Waals surface area (Å²) in [6, 6.07) is 0. The number of hydrogen-bond donors (Lipinski definition) is 3. The van der Waals surface area contributed by atoms with Crippen LogP contribution in [0.5, 0.6) is 0 Å². The van der Waals surface area contributed by atoms with E-state index in [9.17, 15) is 24.9 Å². The number of carbonyl (C=O) groups is 2. The van der Waals surface area contributed by atoms with Gasteiger partial charge < -0.3 is 34.3 Å². The van der Waals surface area contributed by atoms with Crippen LogP contribution in [0.25, 0.3) is 0 Å². The average Bonchev–Trinajstić information content (AvgIpc) is 3.68. The first-order valence-electron chi connectivity index (χ1n) is 14.4. The van der Waals surface area contributed by atoms with E-state index in [2.05, 4.69) is 13.8 Å². The van der Waals surface area contributed by atoms with Gasteiger partial charge >= 0.3 is 11.9 Å². The molecule has 0 aliphatic carbocycles. The summed E-state index contributed by atoms with van der Waals surface area (Å²) in [5, 5.41) is 32.2. The molecule has 0 radical (unpaired) electrons. The molecule has 1 saturated heterocycles. The maximum absolute atomic E-state index is 12.6. The van der Waals surface area contributed by atoms with Gasteiger partial charge in [0.1, 0.15) is 23.9 Å². The third kappa shape index (κ3) is 9.80. The summed E-state index contributed by atoms with van der Waals surface area (Å²) in [4.78, 5) is 24.3. The molecule has 0 bridgehead atoms. The zero-order chi connectivity index (χ0) is 30.2. The molecule has 0 aromatic carbocycles. The summed E-state index contributed by atoms with van der Waals surface area (Å²) in [5.74, 6) is -1.39. The minimum absolute atomic E-state index is 0.0387. The standard InChI is InChI=1S/C31H50O9/c1-9-24(37-8)21(5)29-30(40-29)27(35)18(2)11-10-12-19(3)28-20(4)13-14-25(38-22(6)32)31(7,36)16-15-23(33)17-26(34)39-28/h10-14,18,20-21,23-25,27-30,33,35-36H,9,15-17H2,1-8H3/b11-10+,14-13+,19-12+/t18-,20+,21-,23-,24+,25?,27+,28-,29-,30-,31-/m1/s1. The van der Waals surface area contributed by atoms with Crippen LogP contribution in [-0.2, 0) is 28.5 Å². The topological polar surface area (TPSA) is 135 Å². The second kappa shape index (κ2) is 15.3. The highest BCUT2D eigenvalue weighted by Gasteiger charge is 2.50. The van der Waals surface area contributed by atoms with Gasteiger partial charge in [-0.25, -0.2) is 0 Å². The number of carbonyl (C=O) groups excluding carboxylic acids is 2. The van der Waals surface area contributed by atoms with E-state index < -0.39 is 42.0 Å². The minimum atomic E-state index is -1.42. The van der Waals surface area contributed by atoms with Crippen molar-refractivity contribution in [1.82, 2.24) is 0 Å². The Morgan fingerprint density at radius 1 is 1.25 bits per heavy atom. The molecule has 40 heavy (non-hydrogen) atoms. The molecule has 9 heteroatoms. The first-order chi connectivity index (χ1) is 18.7. The molecule has 0 spiro atoms. The average molecular weight is 567 g/mol. The van der Waals surface area contributed by atoms with Crippen LogP contribution in [0.1, 0.15) is 74.1 Å². The zero-order valence-electron chi connectivity index (χ0n) is 25.3. The van der Waals surface area contributed by atoms with E-state index in [-0.39, 0.29) is 55.3 Å². The number of allylic oxidation sites excluding steroid dienone is 2. The van der Waals surface area contributed by atoms with E-state index in [1.54, 1.807) is 26.2 Å². The molecule has 0 amide bonds. The molecule has 2 aliphatic heterocycles. The number of esters is 2. The van der Waals surface area contributed by atoms with E-state index in [1.165, 1.54) is 6.92 Å². The number of rotatable bonds is 10. The number of cyclic esters (lactones) is 1. The molecular formula is C31H50O9. The molecule has 0 aromatic rings. The van der Waals surface area contributed by atoms with Crippen molar-refractivity contribution < 1.29 is 43.9 Å². The van der Waals surface area contributed by atoms with Gasteiger partial charge in [-0.1, -0.05) is 52.0 Å². The Labute approximate surface area is 239 Å². The molecular weight excluding hydrogens is 516 g/mol. The van der Waals surface area contributed by atoms with Crippen molar-refractivity contribution in [3.63, 3.8) is 0 Å². The lowest BCUT2D eigenvalue weighted by Crippen LogP contribution is -2.42. The molecule has 2 rings (SSSR count). The lowest BCUT2D eigenvalue weighted by atomic mass is 9.88. The highest BCUT2D eigenvalue weighted by atomic mass is 16.6. The molecule has 1 unspecified atom stereocenters. The van der Waals surface area contributed by atoms with Gasteiger partial charge in [-0.3, -0.25) is 9.59 Å². The molecule has 1 fully saturated rings. The fraction of sp³-hybridized carbons (Fsp3) is 0.742. The first kappa shape index (κ1) is 34.2. The van der Waals surface area contributed by atoms with Crippen molar-refractivity contribution in [2.24, 2.45) is 17.8 Å². The van der Waals surface area contributed by atoms with Gasteiger partial charge in [0.15, 0.2) is 0 Å². The highest BCUT2D eigenvalue weighted by molar-refractivity contribution is 5.70. The fourth-order valence-electron chi connectivity index (χ4n) is 5.32. The van der Waals surface area contributed by atoms with Crippen LogP contribution in [0.2, 0.25) is 0 Å². The van der Waals surface area contributed by atoms with Crippen molar-refractivity contribution in [2.75, 3.05) is 7.11 Å². The molecule has 9 nitrogen and oxygen atoms in total. The van der Waals surface area contributed by atoms with Gasteiger partial charge in [-0.15, -0.1) is 0 Å². The lowest BCUT2D eigenvalue weighted by Gasteiger charge is -2.32. The lowest BCUT2D eigenvalue weighted by molar-refractivity contribution is -0.157. The minimum Gasteiger partial charge on any atom is -0.457 e. The van der Waals surface area contributed by atoms with Crippen LogP contribution >= 0.6 is 0 Å². The van der Waals surface area contributed by atoms with E-state index in [1.807, 2.05) is 39.0 Å². The maximum atomic E-state index is 12.6. The van der Waals surface area contributed by atoms with Crippen LogP contribution in [0.4, 0.5) is 0 Å². The van der Waals surface area contributed by atoms with Gasteiger partial charge in [-0.05, 0) is 44.8 Å². The Morgan fingerprint density at radius 2 is 1.93 bits per heavy atom. The summed E-state index contributed by atoms with van der Waals surface area (Å²) >= 11 is 0. The third-order valence-corrected chi connectivity index (χ3v) is 8.09. The van der Waals surface area contributed by atoms with Crippen molar-refractivity contribution in [1.29, 1.82) is 0 Å². The predicted molar refractivity (Wildman–Crippen MR) is 151 cm³/mol. The number of aliphatic hydroxyl groups excluding tert-OH is 2. The number of hydrogen-bond acceptors (Lipinski definition) is 9. The molecule has 2 heterocycles. The Hall–Kier alpha value is -2.04. The highest BCUT2D eigenvalue weighted by Crippen LogP contribution is 2.37. The zero-order valence-corrected chi connectivity index (χ0v) is 25.3. The van der Waals surface area contributed by atoms with Crippen LogP contribution < -0.4 is 0 Å². The summed E-state index contributed by atoms with van der Waals surface area (Å²) in [7, 11) is 1.69. The molecule has 3 N–H and O–H groups in total. The monoisotopic (exact) mass is 566 g/mol.